The minimum absolute atomic E-state index is 0.0499. The van der Waals surface area contributed by atoms with Gasteiger partial charge < -0.3 is 15.0 Å². The average molecular weight is 394 g/mol. The first-order valence-electron chi connectivity index (χ1n) is 9.84. The number of esters is 1. The van der Waals surface area contributed by atoms with Gasteiger partial charge in [-0.1, -0.05) is 24.6 Å². The number of hydrogen-bond acceptors (Lipinski definition) is 4. The predicted molar refractivity (Wildman–Crippen MR) is 112 cm³/mol. The summed E-state index contributed by atoms with van der Waals surface area (Å²) in [4.78, 5) is 38.7. The molecule has 1 heterocycles. The average Bonchev–Trinajstić information content (AvgIpc) is 3.08. The van der Waals surface area contributed by atoms with Gasteiger partial charge in [-0.05, 0) is 56.2 Å². The molecule has 2 amide bonds. The number of anilines is 2. The lowest BCUT2D eigenvalue weighted by Crippen LogP contribution is -2.28. The molecule has 1 saturated heterocycles. The molecule has 0 radical (unpaired) electrons. The van der Waals surface area contributed by atoms with Gasteiger partial charge in [0.1, 0.15) is 0 Å². The highest BCUT2D eigenvalue weighted by molar-refractivity contribution is 6.04. The van der Waals surface area contributed by atoms with E-state index >= 15 is 0 Å². The van der Waals surface area contributed by atoms with Crippen LogP contribution in [0.25, 0.3) is 0 Å². The Balaban J connectivity index is 1.63. The summed E-state index contributed by atoms with van der Waals surface area (Å²) in [6.45, 7) is 6.64. The van der Waals surface area contributed by atoms with E-state index in [0.29, 0.717) is 24.4 Å². The van der Waals surface area contributed by atoms with Crippen molar-refractivity contribution in [3.8, 4) is 0 Å². The third-order valence-electron chi connectivity index (χ3n) is 4.96. The van der Waals surface area contributed by atoms with Crippen molar-refractivity contribution in [3.05, 3.63) is 59.2 Å². The highest BCUT2D eigenvalue weighted by atomic mass is 16.5. The quantitative estimate of drug-likeness (QED) is 0.755. The zero-order chi connectivity index (χ0) is 21.0. The smallest absolute Gasteiger partial charge is 0.338 e. The molecule has 0 saturated carbocycles. The van der Waals surface area contributed by atoms with Crippen LogP contribution >= 0.6 is 0 Å². The van der Waals surface area contributed by atoms with Crippen LogP contribution in [0.1, 0.15) is 41.3 Å². The largest absolute Gasteiger partial charge is 0.462 e. The summed E-state index contributed by atoms with van der Waals surface area (Å²) in [7, 11) is 0. The van der Waals surface area contributed by atoms with Crippen LogP contribution in [0.5, 0.6) is 0 Å². The minimum Gasteiger partial charge on any atom is -0.462 e. The van der Waals surface area contributed by atoms with E-state index < -0.39 is 5.92 Å². The van der Waals surface area contributed by atoms with Crippen molar-refractivity contribution < 1.29 is 19.1 Å². The van der Waals surface area contributed by atoms with Crippen LogP contribution in [-0.4, -0.2) is 30.9 Å². The van der Waals surface area contributed by atoms with Gasteiger partial charge in [0.25, 0.3) is 0 Å². The monoisotopic (exact) mass is 394 g/mol. The van der Waals surface area contributed by atoms with Crippen LogP contribution in [0, 0.1) is 19.8 Å². The van der Waals surface area contributed by atoms with Crippen LogP contribution in [0.4, 0.5) is 11.4 Å². The molecule has 6 heteroatoms. The predicted octanol–water partition coefficient (Wildman–Crippen LogP) is 3.86. The maximum absolute atomic E-state index is 12.7. The van der Waals surface area contributed by atoms with Gasteiger partial charge in [0, 0.05) is 24.3 Å². The van der Waals surface area contributed by atoms with Crippen molar-refractivity contribution in [3.63, 3.8) is 0 Å². The zero-order valence-electron chi connectivity index (χ0n) is 17.0. The summed E-state index contributed by atoms with van der Waals surface area (Å²) >= 11 is 0. The van der Waals surface area contributed by atoms with Gasteiger partial charge in [0.15, 0.2) is 0 Å². The van der Waals surface area contributed by atoms with Gasteiger partial charge in [-0.25, -0.2) is 4.79 Å². The number of ether oxygens (including phenoxy) is 1. The van der Waals surface area contributed by atoms with Crippen molar-refractivity contribution >= 4 is 29.2 Å². The van der Waals surface area contributed by atoms with Crippen LogP contribution in [-0.2, 0) is 14.3 Å². The topological polar surface area (TPSA) is 75.7 Å². The van der Waals surface area contributed by atoms with Crippen molar-refractivity contribution in [2.75, 3.05) is 23.4 Å². The number of aryl methyl sites for hydroxylation is 2. The Bertz CT molecular complexity index is 921. The molecule has 2 aromatic carbocycles. The number of benzene rings is 2. The molecule has 29 heavy (non-hydrogen) atoms. The van der Waals surface area contributed by atoms with Crippen molar-refractivity contribution in [1.82, 2.24) is 0 Å². The molecule has 2 aromatic rings. The van der Waals surface area contributed by atoms with E-state index in [1.165, 1.54) is 0 Å². The van der Waals surface area contributed by atoms with Gasteiger partial charge in [0.2, 0.25) is 11.8 Å². The first-order valence-corrected chi connectivity index (χ1v) is 9.84. The fourth-order valence-electron chi connectivity index (χ4n) is 3.44. The summed E-state index contributed by atoms with van der Waals surface area (Å²) in [5.74, 6) is -1.05. The second kappa shape index (κ2) is 8.90. The summed E-state index contributed by atoms with van der Waals surface area (Å²) in [6, 6.07) is 12.5. The van der Waals surface area contributed by atoms with Gasteiger partial charge in [-0.15, -0.1) is 0 Å². The second-order valence-electron chi connectivity index (χ2n) is 7.40. The number of carbonyl (C=O) groups excluding carboxylic acids is 3. The lowest BCUT2D eigenvalue weighted by molar-refractivity contribution is -0.122. The van der Waals surface area contributed by atoms with Gasteiger partial charge in [-0.2, -0.15) is 0 Å². The Hall–Kier alpha value is -3.15. The molecule has 0 unspecified atom stereocenters. The SMILES string of the molecule is CCCOC(=O)c1ccc(NC(=O)[C@H]2CC(=O)N(c3ccc(C)cc3C)C2)cc1. The zero-order valence-corrected chi connectivity index (χ0v) is 17.0. The molecule has 6 nitrogen and oxygen atoms in total. The lowest BCUT2D eigenvalue weighted by Gasteiger charge is -2.19. The van der Waals surface area contributed by atoms with E-state index in [9.17, 15) is 14.4 Å². The lowest BCUT2D eigenvalue weighted by atomic mass is 10.1. The summed E-state index contributed by atoms with van der Waals surface area (Å²) in [5.41, 5.74) is 4.03. The molecular weight excluding hydrogens is 368 g/mol. The third-order valence-corrected chi connectivity index (χ3v) is 4.96. The molecule has 0 spiro atoms. The number of nitrogens with one attached hydrogen (secondary N) is 1. The standard InChI is InChI=1S/C23H26N2O4/c1-4-11-29-23(28)17-6-8-19(9-7-17)24-22(27)18-13-21(26)25(14-18)20-10-5-15(2)12-16(20)3/h5-10,12,18H,4,11,13-14H2,1-3H3,(H,24,27)/t18-/m0/s1. The van der Waals surface area contributed by atoms with Crippen LogP contribution in [0.3, 0.4) is 0 Å². The molecule has 1 aliphatic rings. The molecule has 152 valence electrons. The number of nitrogens with zero attached hydrogens (tertiary/aromatic N) is 1. The Morgan fingerprint density at radius 1 is 1.14 bits per heavy atom. The third kappa shape index (κ3) is 4.83. The Kier molecular flexibility index (Phi) is 6.32. The molecule has 0 aromatic heterocycles. The fourth-order valence-corrected chi connectivity index (χ4v) is 3.44. The molecule has 1 aliphatic heterocycles. The van der Waals surface area contributed by atoms with Crippen molar-refractivity contribution in [1.29, 1.82) is 0 Å². The molecule has 0 aliphatic carbocycles. The highest BCUT2D eigenvalue weighted by Gasteiger charge is 2.35. The number of amides is 2. The van der Waals surface area contributed by atoms with Gasteiger partial charge in [0.05, 0.1) is 18.1 Å². The van der Waals surface area contributed by atoms with E-state index in [1.54, 1.807) is 29.2 Å². The van der Waals surface area contributed by atoms with Crippen molar-refractivity contribution in [2.45, 2.75) is 33.6 Å². The van der Waals surface area contributed by atoms with Crippen LogP contribution < -0.4 is 10.2 Å². The first kappa shape index (κ1) is 20.6. The van der Waals surface area contributed by atoms with Gasteiger partial charge in [-0.3, -0.25) is 9.59 Å². The number of hydrogen-bond donors (Lipinski definition) is 1. The number of carbonyl (C=O) groups is 3. The van der Waals surface area contributed by atoms with E-state index in [-0.39, 0.29) is 24.2 Å². The molecule has 1 N–H and O–H groups in total. The van der Waals surface area contributed by atoms with E-state index in [2.05, 4.69) is 5.32 Å². The van der Waals surface area contributed by atoms with Crippen LogP contribution in [0.15, 0.2) is 42.5 Å². The van der Waals surface area contributed by atoms with E-state index in [4.69, 9.17) is 4.74 Å². The highest BCUT2D eigenvalue weighted by Crippen LogP contribution is 2.29. The summed E-state index contributed by atoms with van der Waals surface area (Å²) < 4.78 is 5.09. The second-order valence-corrected chi connectivity index (χ2v) is 7.40. The van der Waals surface area contributed by atoms with Crippen molar-refractivity contribution in [2.24, 2.45) is 5.92 Å². The fraction of sp³-hybridized carbons (Fsp3) is 0.348. The molecular formula is C23H26N2O4. The van der Waals surface area contributed by atoms with E-state index in [0.717, 1.165) is 23.2 Å². The Morgan fingerprint density at radius 3 is 2.52 bits per heavy atom. The van der Waals surface area contributed by atoms with E-state index in [1.807, 2.05) is 39.0 Å². The summed E-state index contributed by atoms with van der Waals surface area (Å²) in [5, 5.41) is 2.84. The number of rotatable bonds is 6. The molecule has 1 fully saturated rings. The maximum Gasteiger partial charge on any atom is 0.338 e. The Morgan fingerprint density at radius 2 is 1.86 bits per heavy atom. The van der Waals surface area contributed by atoms with Crippen LogP contribution in [0.2, 0.25) is 0 Å². The molecule has 3 rings (SSSR count). The normalized spacial score (nSPS) is 16.0. The maximum atomic E-state index is 12.7. The molecule has 1 atom stereocenters. The summed E-state index contributed by atoms with van der Waals surface area (Å²) in [6.07, 6.45) is 0.944. The Labute approximate surface area is 170 Å². The first-order chi connectivity index (χ1) is 13.9. The minimum atomic E-state index is -0.419. The van der Waals surface area contributed by atoms with Gasteiger partial charge >= 0.3 is 5.97 Å². The molecule has 0 bridgehead atoms.